The van der Waals surface area contributed by atoms with Crippen molar-refractivity contribution >= 4 is 29.3 Å². The van der Waals surface area contributed by atoms with Gasteiger partial charge in [-0.05, 0) is 29.8 Å². The fourth-order valence-corrected chi connectivity index (χ4v) is 2.43. The van der Waals surface area contributed by atoms with Gasteiger partial charge in [-0.2, -0.15) is 0 Å². The Kier molecular flexibility index (Phi) is 4.86. The van der Waals surface area contributed by atoms with Gasteiger partial charge in [0.25, 0.3) is 0 Å². The molecule has 1 aromatic carbocycles. The Morgan fingerprint density at radius 2 is 2.17 bits per heavy atom. The number of methoxy groups -OCH3 is 1. The highest BCUT2D eigenvalue weighted by molar-refractivity contribution is 6.32. The lowest BCUT2D eigenvalue weighted by Crippen LogP contribution is -2.15. The van der Waals surface area contributed by atoms with Gasteiger partial charge in [0.2, 0.25) is 11.8 Å². The zero-order valence-corrected chi connectivity index (χ0v) is 13.7. The molecule has 0 aliphatic carbocycles. The molecule has 1 amide bonds. The lowest BCUT2D eigenvalue weighted by atomic mass is 10.1. The molecule has 6 nitrogen and oxygen atoms in total. The van der Waals surface area contributed by atoms with Gasteiger partial charge in [0.1, 0.15) is 13.2 Å². The molecule has 2 heterocycles. The summed E-state index contributed by atoms with van der Waals surface area (Å²) >= 11 is 6.16. The molecule has 0 saturated heterocycles. The van der Waals surface area contributed by atoms with Crippen LogP contribution in [0.5, 0.6) is 17.4 Å². The third kappa shape index (κ3) is 3.78. The first-order valence-corrected chi connectivity index (χ1v) is 7.62. The maximum Gasteiger partial charge on any atom is 0.248 e. The molecule has 0 saturated carbocycles. The first kappa shape index (κ1) is 16.1. The first-order chi connectivity index (χ1) is 11.7. The molecule has 3 rings (SSSR count). The Bertz CT molecular complexity index is 775. The molecule has 1 aliphatic heterocycles. The summed E-state index contributed by atoms with van der Waals surface area (Å²) in [5, 5.41) is 3.16. The molecule has 0 fully saturated rings. The summed E-state index contributed by atoms with van der Waals surface area (Å²) in [5.74, 6) is 1.31. The van der Waals surface area contributed by atoms with Crippen LogP contribution in [0.2, 0.25) is 5.02 Å². The Hall–Kier alpha value is -2.73. The number of nitrogens with one attached hydrogen (secondary N) is 1. The van der Waals surface area contributed by atoms with Crippen molar-refractivity contribution in [1.29, 1.82) is 0 Å². The second-order valence-corrected chi connectivity index (χ2v) is 5.35. The van der Waals surface area contributed by atoms with Crippen LogP contribution in [0.25, 0.3) is 6.08 Å². The Labute approximate surface area is 144 Å². The number of anilines is 1. The number of fused-ring (bicyclic) bond motifs is 1. The summed E-state index contributed by atoms with van der Waals surface area (Å²) < 4.78 is 15.9. The van der Waals surface area contributed by atoms with E-state index in [4.69, 9.17) is 25.8 Å². The van der Waals surface area contributed by atoms with E-state index in [2.05, 4.69) is 10.3 Å². The highest BCUT2D eigenvalue weighted by Crippen LogP contribution is 2.38. The second-order valence-electron chi connectivity index (χ2n) is 4.94. The van der Waals surface area contributed by atoms with Crippen LogP contribution in [-0.2, 0) is 4.79 Å². The molecule has 0 atom stereocenters. The van der Waals surface area contributed by atoms with Crippen LogP contribution in [0.4, 0.5) is 5.69 Å². The van der Waals surface area contributed by atoms with Crippen LogP contribution in [-0.4, -0.2) is 31.2 Å². The molecule has 124 valence electrons. The molecule has 0 spiro atoms. The van der Waals surface area contributed by atoms with Gasteiger partial charge in [-0.1, -0.05) is 11.6 Å². The van der Waals surface area contributed by atoms with E-state index in [1.54, 1.807) is 30.3 Å². The summed E-state index contributed by atoms with van der Waals surface area (Å²) in [7, 11) is 1.53. The van der Waals surface area contributed by atoms with Crippen molar-refractivity contribution in [3.05, 3.63) is 47.1 Å². The van der Waals surface area contributed by atoms with Crippen molar-refractivity contribution in [3.63, 3.8) is 0 Å². The van der Waals surface area contributed by atoms with Gasteiger partial charge in [-0.3, -0.25) is 4.79 Å². The second kappa shape index (κ2) is 7.23. The van der Waals surface area contributed by atoms with Gasteiger partial charge < -0.3 is 19.5 Å². The predicted molar refractivity (Wildman–Crippen MR) is 90.9 cm³/mol. The van der Waals surface area contributed by atoms with E-state index in [9.17, 15) is 4.79 Å². The average Bonchev–Trinajstić information content (AvgIpc) is 2.61. The van der Waals surface area contributed by atoms with E-state index in [-0.39, 0.29) is 5.91 Å². The SMILES string of the molecule is COc1ccc(NC(=O)C=Cc2cc(Cl)c3c(c2)OCCO3)cn1. The standard InChI is InChI=1S/C17H15ClN2O4/c1-22-16-5-3-12(10-19-16)20-15(21)4-2-11-8-13(18)17-14(9-11)23-6-7-24-17/h2-5,8-10H,6-7H2,1H3,(H,20,21). The molecule has 1 N–H and O–H groups in total. The molecule has 1 aliphatic rings. The normalized spacial score (nSPS) is 12.9. The van der Waals surface area contributed by atoms with Gasteiger partial charge in [0.05, 0.1) is 24.0 Å². The van der Waals surface area contributed by atoms with Crippen molar-refractivity contribution in [2.75, 3.05) is 25.6 Å². The van der Waals surface area contributed by atoms with Crippen LogP contribution >= 0.6 is 11.6 Å². The lowest BCUT2D eigenvalue weighted by molar-refractivity contribution is -0.111. The van der Waals surface area contributed by atoms with Gasteiger partial charge in [0, 0.05) is 12.1 Å². The number of ether oxygens (including phenoxy) is 3. The minimum atomic E-state index is -0.284. The van der Waals surface area contributed by atoms with E-state index >= 15 is 0 Å². The number of benzene rings is 1. The number of carbonyl (C=O) groups is 1. The number of aromatic nitrogens is 1. The van der Waals surface area contributed by atoms with Gasteiger partial charge >= 0.3 is 0 Å². The molecule has 24 heavy (non-hydrogen) atoms. The molecule has 0 unspecified atom stereocenters. The lowest BCUT2D eigenvalue weighted by Gasteiger charge is -2.19. The van der Waals surface area contributed by atoms with E-state index in [1.165, 1.54) is 19.4 Å². The van der Waals surface area contributed by atoms with Gasteiger partial charge in [-0.25, -0.2) is 4.98 Å². The van der Waals surface area contributed by atoms with Crippen LogP contribution in [0.1, 0.15) is 5.56 Å². The summed E-state index contributed by atoms with van der Waals surface area (Å²) in [5.41, 5.74) is 1.32. The number of amides is 1. The summed E-state index contributed by atoms with van der Waals surface area (Å²) in [6.45, 7) is 0.946. The Morgan fingerprint density at radius 1 is 1.33 bits per heavy atom. The third-order valence-corrected chi connectivity index (χ3v) is 3.54. The minimum Gasteiger partial charge on any atom is -0.486 e. The zero-order valence-electron chi connectivity index (χ0n) is 12.9. The van der Waals surface area contributed by atoms with Crippen molar-refractivity contribution in [2.24, 2.45) is 0 Å². The van der Waals surface area contributed by atoms with E-state index < -0.39 is 0 Å². The first-order valence-electron chi connectivity index (χ1n) is 7.24. The van der Waals surface area contributed by atoms with Crippen molar-refractivity contribution in [1.82, 2.24) is 4.98 Å². The fraction of sp³-hybridized carbons (Fsp3) is 0.176. The molecular formula is C17H15ClN2O4. The van der Waals surface area contributed by atoms with Gasteiger partial charge in [0.15, 0.2) is 11.5 Å². The van der Waals surface area contributed by atoms with Crippen LogP contribution < -0.4 is 19.5 Å². The maximum atomic E-state index is 12.0. The van der Waals surface area contributed by atoms with Crippen LogP contribution in [0, 0.1) is 0 Å². The summed E-state index contributed by atoms with van der Waals surface area (Å²) in [6, 6.07) is 6.87. The number of pyridine rings is 1. The molecule has 2 aromatic rings. The largest absolute Gasteiger partial charge is 0.486 e. The number of carbonyl (C=O) groups excluding carboxylic acids is 1. The topological polar surface area (TPSA) is 69.7 Å². The molecular weight excluding hydrogens is 332 g/mol. The number of halogens is 1. The van der Waals surface area contributed by atoms with E-state index in [0.717, 1.165) is 5.56 Å². The molecule has 0 radical (unpaired) electrons. The van der Waals surface area contributed by atoms with Crippen LogP contribution in [0.3, 0.4) is 0 Å². The average molecular weight is 347 g/mol. The molecule has 7 heteroatoms. The van der Waals surface area contributed by atoms with Crippen LogP contribution in [0.15, 0.2) is 36.5 Å². The quantitative estimate of drug-likeness (QED) is 0.861. The molecule has 0 bridgehead atoms. The third-order valence-electron chi connectivity index (χ3n) is 3.26. The molecule has 1 aromatic heterocycles. The number of rotatable bonds is 4. The van der Waals surface area contributed by atoms with Crippen molar-refractivity contribution in [3.8, 4) is 17.4 Å². The monoisotopic (exact) mass is 346 g/mol. The fourth-order valence-electron chi connectivity index (χ4n) is 2.16. The van der Waals surface area contributed by atoms with Gasteiger partial charge in [-0.15, -0.1) is 0 Å². The summed E-state index contributed by atoms with van der Waals surface area (Å²) in [6.07, 6.45) is 4.58. The minimum absolute atomic E-state index is 0.284. The summed E-state index contributed by atoms with van der Waals surface area (Å²) in [4.78, 5) is 16.0. The predicted octanol–water partition coefficient (Wildman–Crippen LogP) is 3.17. The number of nitrogens with zero attached hydrogens (tertiary/aromatic N) is 1. The Balaban J connectivity index is 1.68. The maximum absolute atomic E-state index is 12.0. The number of hydrogen-bond donors (Lipinski definition) is 1. The Morgan fingerprint density at radius 3 is 2.92 bits per heavy atom. The van der Waals surface area contributed by atoms with E-state index in [0.29, 0.717) is 41.3 Å². The smallest absolute Gasteiger partial charge is 0.248 e. The number of hydrogen-bond acceptors (Lipinski definition) is 5. The zero-order chi connectivity index (χ0) is 16.9. The van der Waals surface area contributed by atoms with Crippen molar-refractivity contribution < 1.29 is 19.0 Å². The van der Waals surface area contributed by atoms with Crippen molar-refractivity contribution in [2.45, 2.75) is 0 Å². The van der Waals surface area contributed by atoms with E-state index in [1.807, 2.05) is 0 Å². The highest BCUT2D eigenvalue weighted by atomic mass is 35.5. The highest BCUT2D eigenvalue weighted by Gasteiger charge is 2.15.